The van der Waals surface area contributed by atoms with Crippen LogP contribution in [0.25, 0.3) is 42.7 Å². The minimum Gasteiger partial charge on any atom is -0.396 e. The van der Waals surface area contributed by atoms with Crippen LogP contribution in [0.3, 0.4) is 0 Å². The Morgan fingerprint density at radius 1 is 0.979 bits per heavy atom. The van der Waals surface area contributed by atoms with E-state index in [2.05, 4.69) is 123 Å². The number of aliphatic hydroxyl groups excluding tert-OH is 1. The van der Waals surface area contributed by atoms with Gasteiger partial charge < -0.3 is 9.84 Å². The van der Waals surface area contributed by atoms with Crippen molar-refractivity contribution < 1.29 is 14.4 Å². The smallest absolute Gasteiger partial charge is 0.287 e. The highest BCUT2D eigenvalue weighted by Gasteiger charge is 2.49. The zero-order valence-corrected chi connectivity index (χ0v) is 31.2. The van der Waals surface area contributed by atoms with Gasteiger partial charge in [-0.1, -0.05) is 77.9 Å². The highest BCUT2D eigenvalue weighted by atomic mass is 32.1. The second-order valence-electron chi connectivity index (χ2n) is 16.4. The fourth-order valence-electron chi connectivity index (χ4n) is 8.39. The van der Waals surface area contributed by atoms with Crippen LogP contribution in [0, 0.1) is 26.2 Å². The van der Waals surface area contributed by atoms with Crippen molar-refractivity contribution in [2.75, 3.05) is 20.3 Å². The molecule has 5 aromatic rings. The van der Waals surface area contributed by atoms with Crippen LogP contribution in [0.5, 0.6) is 0 Å². The highest BCUT2D eigenvalue weighted by Crippen LogP contribution is 2.53. The Bertz CT molecular complexity index is 1970. The summed E-state index contributed by atoms with van der Waals surface area (Å²) in [5.74, 6) is 0.139. The van der Waals surface area contributed by atoms with Crippen molar-refractivity contribution in [2.45, 2.75) is 105 Å². The van der Waals surface area contributed by atoms with Crippen LogP contribution in [0.2, 0.25) is 0 Å². The molecule has 0 aliphatic carbocycles. The molecule has 3 heterocycles. The van der Waals surface area contributed by atoms with Crippen molar-refractivity contribution in [1.29, 1.82) is 0 Å². The minimum absolute atomic E-state index is 0.0426. The van der Waals surface area contributed by atoms with Gasteiger partial charge in [-0.25, -0.2) is 4.57 Å². The zero-order chi connectivity index (χ0) is 34.1. The Morgan fingerprint density at radius 2 is 1.64 bits per heavy atom. The summed E-state index contributed by atoms with van der Waals surface area (Å²) in [5, 5.41) is 13.2. The normalized spacial score (nSPS) is 18.2. The molecule has 47 heavy (non-hydrogen) atoms. The maximum atomic E-state index is 10.6. The van der Waals surface area contributed by atoms with Crippen LogP contribution in [0.15, 0.2) is 48.8 Å². The lowest BCUT2D eigenvalue weighted by molar-refractivity contribution is -0.760. The molecule has 2 aromatic heterocycles. The van der Waals surface area contributed by atoms with Gasteiger partial charge in [-0.3, -0.25) is 0 Å². The van der Waals surface area contributed by atoms with Crippen LogP contribution in [-0.2, 0) is 22.1 Å². The number of hydrogen-bond donors (Lipinski definition) is 1. The number of benzene rings is 3. The van der Waals surface area contributed by atoms with Gasteiger partial charge in [-0.2, -0.15) is 0 Å². The first-order valence-electron chi connectivity index (χ1n) is 17.2. The summed E-state index contributed by atoms with van der Waals surface area (Å²) in [4.78, 5) is 6.53. The summed E-state index contributed by atoms with van der Waals surface area (Å²) in [6.45, 7) is 23.8. The molecule has 0 fully saturated rings. The van der Waals surface area contributed by atoms with E-state index in [0.29, 0.717) is 13.0 Å². The minimum atomic E-state index is -0.388. The van der Waals surface area contributed by atoms with Gasteiger partial charge in [0.2, 0.25) is 5.52 Å². The molecule has 1 aliphatic heterocycles. The van der Waals surface area contributed by atoms with Gasteiger partial charge in [0.05, 0.1) is 0 Å². The number of hydrogen-bond acceptors (Lipinski definition) is 4. The van der Waals surface area contributed by atoms with E-state index in [4.69, 9.17) is 9.72 Å². The summed E-state index contributed by atoms with van der Waals surface area (Å²) in [6, 6.07) is 16.2. The van der Waals surface area contributed by atoms with Gasteiger partial charge in [0.25, 0.3) is 6.33 Å². The number of ether oxygens (including phenoxy) is 1. The van der Waals surface area contributed by atoms with Crippen LogP contribution in [0.4, 0.5) is 0 Å². The Balaban J connectivity index is 1.71. The average molecular weight is 650 g/mol. The summed E-state index contributed by atoms with van der Waals surface area (Å²) in [5.41, 5.74) is 12.8. The molecule has 248 valence electrons. The Kier molecular flexibility index (Phi) is 8.68. The lowest BCUT2D eigenvalue weighted by Gasteiger charge is -2.42. The Labute approximate surface area is 285 Å². The molecule has 5 heteroatoms. The molecule has 0 radical (unpaired) electrons. The van der Waals surface area contributed by atoms with E-state index in [-0.39, 0.29) is 28.9 Å². The number of fused-ring (bicyclic) bond motifs is 7. The molecule has 4 nitrogen and oxygen atoms in total. The quantitative estimate of drug-likeness (QED) is 0.179. The molecular formula is C42H53N2O2S+. The van der Waals surface area contributed by atoms with E-state index < -0.39 is 0 Å². The van der Waals surface area contributed by atoms with Crippen molar-refractivity contribution in [3.05, 3.63) is 82.2 Å². The predicted octanol–water partition coefficient (Wildman–Crippen LogP) is 10.1. The molecule has 2 unspecified atom stereocenters. The Morgan fingerprint density at radius 3 is 2.23 bits per heavy atom. The molecule has 2 atom stereocenters. The van der Waals surface area contributed by atoms with Crippen LogP contribution < -0.4 is 4.57 Å². The monoisotopic (exact) mass is 649 g/mol. The Hall–Kier alpha value is -3.12. The zero-order valence-electron chi connectivity index (χ0n) is 30.4. The maximum Gasteiger partial charge on any atom is 0.287 e. The first-order valence-corrected chi connectivity index (χ1v) is 18.0. The first kappa shape index (κ1) is 33.8. The standard InChI is InChI=1S/C42H53N2O2S/c1-25-20-28(23-40(4,5)6)21-26(2)34(25)38-27(3)36-39(47-38)37-31-22-33(41(7,8)9)29-14-12-13-15-30(29)35(31)32(16-19-46-11)42(10,17-18-45)44(37)24-43-36/h12-15,20-22,24,32,45H,16-19,23H2,1-11H3/q+1. The topological polar surface area (TPSA) is 46.2 Å². The molecule has 0 bridgehead atoms. The van der Waals surface area contributed by atoms with E-state index in [1.807, 2.05) is 11.3 Å². The van der Waals surface area contributed by atoms with Crippen LogP contribution in [0.1, 0.15) is 101 Å². The number of aryl methyl sites for hydroxylation is 3. The number of methoxy groups -OCH3 is 1. The first-order chi connectivity index (χ1) is 22.1. The molecule has 3 aromatic carbocycles. The fourth-order valence-corrected chi connectivity index (χ4v) is 9.87. The number of rotatable bonds is 7. The third-order valence-electron chi connectivity index (χ3n) is 10.5. The van der Waals surface area contributed by atoms with Crippen molar-refractivity contribution in [2.24, 2.45) is 5.41 Å². The predicted molar refractivity (Wildman–Crippen MR) is 199 cm³/mol. The number of aromatic nitrogens is 2. The van der Waals surface area contributed by atoms with Crippen molar-refractivity contribution in [3.8, 4) is 21.7 Å². The molecule has 0 amide bonds. The van der Waals surface area contributed by atoms with Crippen LogP contribution in [-0.4, -0.2) is 30.4 Å². The molecule has 0 saturated heterocycles. The third kappa shape index (κ3) is 5.72. The second-order valence-corrected chi connectivity index (χ2v) is 17.4. The molecule has 0 spiro atoms. The summed E-state index contributed by atoms with van der Waals surface area (Å²) in [6.07, 6.45) is 4.61. The van der Waals surface area contributed by atoms with Gasteiger partial charge >= 0.3 is 0 Å². The molecular weight excluding hydrogens is 597 g/mol. The van der Waals surface area contributed by atoms with Gasteiger partial charge in [-0.15, -0.1) is 11.3 Å². The van der Waals surface area contributed by atoms with E-state index in [1.165, 1.54) is 70.6 Å². The van der Waals surface area contributed by atoms with Crippen molar-refractivity contribution >= 4 is 32.3 Å². The van der Waals surface area contributed by atoms with Gasteiger partial charge in [0.15, 0.2) is 5.69 Å². The van der Waals surface area contributed by atoms with Crippen LogP contribution >= 0.6 is 11.3 Å². The number of aliphatic hydroxyl groups is 1. The largest absolute Gasteiger partial charge is 0.396 e. The average Bonchev–Trinajstić information content (AvgIpc) is 3.30. The van der Waals surface area contributed by atoms with Gasteiger partial charge in [0.1, 0.15) is 10.2 Å². The highest BCUT2D eigenvalue weighted by molar-refractivity contribution is 7.23. The second kappa shape index (κ2) is 12.1. The number of nitrogens with zero attached hydrogens (tertiary/aromatic N) is 2. The van der Waals surface area contributed by atoms with Gasteiger partial charge in [0, 0.05) is 48.7 Å². The third-order valence-corrected chi connectivity index (χ3v) is 11.8. The van der Waals surface area contributed by atoms with Crippen molar-refractivity contribution in [1.82, 2.24) is 4.98 Å². The van der Waals surface area contributed by atoms with E-state index in [1.54, 1.807) is 7.11 Å². The molecule has 1 N–H and O–H groups in total. The number of thiophene rings is 1. The lowest BCUT2D eigenvalue weighted by Crippen LogP contribution is -2.61. The molecule has 6 rings (SSSR count). The van der Waals surface area contributed by atoms with Crippen molar-refractivity contribution in [3.63, 3.8) is 0 Å². The summed E-state index contributed by atoms with van der Waals surface area (Å²) in [7, 11) is 1.79. The maximum absolute atomic E-state index is 10.6. The molecule has 1 aliphatic rings. The summed E-state index contributed by atoms with van der Waals surface area (Å²) >= 11 is 1.89. The SMILES string of the molecule is COCCC1c2c(cc(C(C)(C)C)c3ccccc23)-c2c3sc(-c4c(C)cc(CC(C)(C)C)cc4C)c(C)c3nc[n+]2C1(C)CCO. The van der Waals surface area contributed by atoms with E-state index in [9.17, 15) is 5.11 Å². The lowest BCUT2D eigenvalue weighted by atomic mass is 9.68. The van der Waals surface area contributed by atoms with E-state index in [0.717, 1.165) is 18.4 Å². The fraction of sp³-hybridized carbons (Fsp3) is 0.476. The van der Waals surface area contributed by atoms with Gasteiger partial charge in [-0.05, 0) is 107 Å². The molecule has 0 saturated carbocycles. The summed E-state index contributed by atoms with van der Waals surface area (Å²) < 4.78 is 9.36. The van der Waals surface area contributed by atoms with E-state index >= 15 is 0 Å².